The molecule has 0 fully saturated rings. The Bertz CT molecular complexity index is 682. The number of carbonyl (C=O) groups is 2. The Kier molecular flexibility index (Phi) is 5.26. The number of nitro benzene ring substituents is 1. The van der Waals surface area contributed by atoms with E-state index in [0.29, 0.717) is 11.3 Å². The maximum atomic E-state index is 11.8. The highest BCUT2D eigenvalue weighted by Crippen LogP contribution is 2.24. The summed E-state index contributed by atoms with van der Waals surface area (Å²) in [5, 5.41) is 9.98. The average Bonchev–Trinajstić information content (AvgIpc) is 2.50. The molecule has 2 aromatic rings. The fourth-order valence-electron chi connectivity index (χ4n) is 1.64. The number of rotatable bonds is 5. The van der Waals surface area contributed by atoms with Crippen molar-refractivity contribution < 1.29 is 19.2 Å². The summed E-state index contributed by atoms with van der Waals surface area (Å²) in [6.07, 6.45) is 1.14. The molecule has 0 aromatic heterocycles. The SMILES string of the molecule is O=CCc1ccc(SC(=O)Oc2ccc([N+](=O)[O-])cc2)cc1. The fourth-order valence-corrected chi connectivity index (χ4v) is 2.24. The van der Waals surface area contributed by atoms with Gasteiger partial charge in [-0.1, -0.05) is 12.1 Å². The van der Waals surface area contributed by atoms with Crippen molar-refractivity contribution in [1.29, 1.82) is 0 Å². The highest BCUT2D eigenvalue weighted by Gasteiger charge is 2.10. The van der Waals surface area contributed by atoms with E-state index in [4.69, 9.17) is 4.74 Å². The normalized spacial score (nSPS) is 10.0. The Labute approximate surface area is 130 Å². The molecule has 2 rings (SSSR count). The zero-order chi connectivity index (χ0) is 15.9. The first kappa shape index (κ1) is 15.7. The molecule has 0 N–H and O–H groups in total. The summed E-state index contributed by atoms with van der Waals surface area (Å²) < 4.78 is 5.08. The van der Waals surface area contributed by atoms with Crippen LogP contribution in [-0.4, -0.2) is 16.5 Å². The third-order valence-electron chi connectivity index (χ3n) is 2.69. The van der Waals surface area contributed by atoms with Crippen molar-refractivity contribution in [3.63, 3.8) is 0 Å². The number of non-ortho nitro benzene ring substituents is 1. The number of hydrogen-bond donors (Lipinski definition) is 0. The summed E-state index contributed by atoms with van der Waals surface area (Å²) in [6.45, 7) is 0. The molecule has 0 amide bonds. The van der Waals surface area contributed by atoms with Crippen LogP contribution in [0.3, 0.4) is 0 Å². The first-order valence-corrected chi connectivity index (χ1v) is 7.07. The van der Waals surface area contributed by atoms with Gasteiger partial charge < -0.3 is 9.53 Å². The molecule has 22 heavy (non-hydrogen) atoms. The number of carbonyl (C=O) groups excluding carboxylic acids is 2. The van der Waals surface area contributed by atoms with E-state index in [1.165, 1.54) is 24.3 Å². The predicted molar refractivity (Wildman–Crippen MR) is 81.2 cm³/mol. The maximum absolute atomic E-state index is 11.8. The lowest BCUT2D eigenvalue weighted by Gasteiger charge is -2.04. The Morgan fingerprint density at radius 2 is 1.77 bits per heavy atom. The molecule has 0 saturated carbocycles. The third-order valence-corrected chi connectivity index (χ3v) is 3.45. The van der Waals surface area contributed by atoms with E-state index in [-0.39, 0.29) is 11.4 Å². The topological polar surface area (TPSA) is 86.5 Å². The smallest absolute Gasteiger partial charge is 0.377 e. The van der Waals surface area contributed by atoms with Crippen molar-refractivity contribution in [3.8, 4) is 5.75 Å². The second kappa shape index (κ2) is 7.37. The lowest BCUT2D eigenvalue weighted by Crippen LogP contribution is -2.00. The summed E-state index contributed by atoms with van der Waals surface area (Å²) in [5.74, 6) is 0.237. The quantitative estimate of drug-likeness (QED) is 0.275. The average molecular weight is 317 g/mol. The van der Waals surface area contributed by atoms with E-state index < -0.39 is 10.2 Å². The van der Waals surface area contributed by atoms with Crippen LogP contribution in [0.2, 0.25) is 0 Å². The lowest BCUT2D eigenvalue weighted by molar-refractivity contribution is -0.384. The molecule has 0 aliphatic heterocycles. The van der Waals surface area contributed by atoms with Crippen LogP contribution in [0.1, 0.15) is 5.56 Å². The molecule has 0 atom stereocenters. The molecule has 0 spiro atoms. The van der Waals surface area contributed by atoms with E-state index in [1.807, 2.05) is 0 Å². The van der Waals surface area contributed by atoms with Crippen molar-refractivity contribution in [2.45, 2.75) is 11.3 Å². The van der Waals surface area contributed by atoms with E-state index in [0.717, 1.165) is 23.6 Å². The predicted octanol–water partition coefficient (Wildman–Crippen LogP) is 3.63. The van der Waals surface area contributed by atoms with Gasteiger partial charge in [0.1, 0.15) is 12.0 Å². The molecule has 0 unspecified atom stereocenters. The number of nitro groups is 1. The molecule has 6 nitrogen and oxygen atoms in total. The standard InChI is InChI=1S/C15H11NO5S/c17-10-9-11-1-7-14(8-2-11)22-15(18)21-13-5-3-12(4-6-13)16(19)20/h1-8,10H,9H2. The Hall–Kier alpha value is -2.67. The molecule has 112 valence electrons. The van der Waals surface area contributed by atoms with Gasteiger partial charge in [-0.2, -0.15) is 0 Å². The minimum absolute atomic E-state index is 0.0711. The largest absolute Gasteiger partial charge is 0.418 e. The van der Waals surface area contributed by atoms with E-state index in [2.05, 4.69) is 0 Å². The van der Waals surface area contributed by atoms with Crippen molar-refractivity contribution in [2.24, 2.45) is 0 Å². The number of hydrogen-bond acceptors (Lipinski definition) is 6. The first-order chi connectivity index (χ1) is 10.6. The molecule has 0 heterocycles. The van der Waals surface area contributed by atoms with Gasteiger partial charge in [0.25, 0.3) is 5.69 Å². The van der Waals surface area contributed by atoms with Crippen molar-refractivity contribution >= 4 is 29.0 Å². The van der Waals surface area contributed by atoms with Gasteiger partial charge in [0.15, 0.2) is 0 Å². The molecule has 7 heteroatoms. The van der Waals surface area contributed by atoms with Crippen LogP contribution in [0.4, 0.5) is 10.5 Å². The van der Waals surface area contributed by atoms with Gasteiger partial charge in [-0.05, 0) is 41.6 Å². The second-order valence-electron chi connectivity index (χ2n) is 4.22. The summed E-state index contributed by atoms with van der Waals surface area (Å²) in [6, 6.07) is 12.2. The Morgan fingerprint density at radius 3 is 2.32 bits per heavy atom. The van der Waals surface area contributed by atoms with Gasteiger partial charge in [0, 0.05) is 23.4 Å². The van der Waals surface area contributed by atoms with Gasteiger partial charge in [-0.3, -0.25) is 10.1 Å². The van der Waals surface area contributed by atoms with E-state index in [9.17, 15) is 19.7 Å². The van der Waals surface area contributed by atoms with Crippen molar-refractivity contribution in [3.05, 3.63) is 64.2 Å². The molecule has 0 radical (unpaired) electrons. The number of aldehydes is 1. The zero-order valence-electron chi connectivity index (χ0n) is 11.3. The van der Waals surface area contributed by atoms with Crippen LogP contribution in [0.5, 0.6) is 5.75 Å². The Balaban J connectivity index is 1.94. The summed E-state index contributed by atoms with van der Waals surface area (Å²) in [5.41, 5.74) is 0.793. The maximum Gasteiger partial charge on any atom is 0.377 e. The summed E-state index contributed by atoms with van der Waals surface area (Å²) >= 11 is 0.892. The second-order valence-corrected chi connectivity index (χ2v) is 5.23. The molecule has 0 saturated heterocycles. The summed E-state index contributed by atoms with van der Waals surface area (Å²) in [7, 11) is 0. The highest BCUT2D eigenvalue weighted by molar-refractivity contribution is 8.13. The van der Waals surface area contributed by atoms with Crippen molar-refractivity contribution in [1.82, 2.24) is 0 Å². The van der Waals surface area contributed by atoms with Crippen LogP contribution >= 0.6 is 11.8 Å². The van der Waals surface area contributed by atoms with Gasteiger partial charge in [-0.25, -0.2) is 4.79 Å². The minimum atomic E-state index is -0.544. The van der Waals surface area contributed by atoms with Crippen LogP contribution in [0.25, 0.3) is 0 Å². The van der Waals surface area contributed by atoms with Crippen LogP contribution in [0.15, 0.2) is 53.4 Å². The number of nitrogens with zero attached hydrogens (tertiary/aromatic N) is 1. The first-order valence-electron chi connectivity index (χ1n) is 6.25. The number of thioether (sulfide) groups is 1. The molecule has 2 aromatic carbocycles. The van der Waals surface area contributed by atoms with Gasteiger partial charge in [0.05, 0.1) is 4.92 Å². The lowest BCUT2D eigenvalue weighted by atomic mass is 10.2. The zero-order valence-corrected chi connectivity index (χ0v) is 12.1. The van der Waals surface area contributed by atoms with Gasteiger partial charge in [0.2, 0.25) is 0 Å². The molecule has 0 bridgehead atoms. The molecule has 0 aliphatic rings. The van der Waals surface area contributed by atoms with Crippen LogP contribution in [-0.2, 0) is 11.2 Å². The summed E-state index contributed by atoms with van der Waals surface area (Å²) in [4.78, 5) is 32.8. The van der Waals surface area contributed by atoms with Gasteiger partial charge >= 0.3 is 5.30 Å². The third kappa shape index (κ3) is 4.42. The van der Waals surface area contributed by atoms with E-state index in [1.54, 1.807) is 24.3 Å². The number of benzene rings is 2. The molecule has 0 aliphatic carbocycles. The highest BCUT2D eigenvalue weighted by atomic mass is 32.2. The Morgan fingerprint density at radius 1 is 1.14 bits per heavy atom. The van der Waals surface area contributed by atoms with E-state index >= 15 is 0 Å². The molecular formula is C15H11NO5S. The monoisotopic (exact) mass is 317 g/mol. The van der Waals surface area contributed by atoms with Crippen LogP contribution in [0, 0.1) is 10.1 Å². The minimum Gasteiger partial charge on any atom is -0.418 e. The van der Waals surface area contributed by atoms with Crippen LogP contribution < -0.4 is 4.74 Å². The number of ether oxygens (including phenoxy) is 1. The van der Waals surface area contributed by atoms with Crippen molar-refractivity contribution in [2.75, 3.05) is 0 Å². The van der Waals surface area contributed by atoms with Gasteiger partial charge in [-0.15, -0.1) is 0 Å². The molecular weight excluding hydrogens is 306 g/mol. The fraction of sp³-hybridized carbons (Fsp3) is 0.0667.